The predicted molar refractivity (Wildman–Crippen MR) is 189 cm³/mol. The summed E-state index contributed by atoms with van der Waals surface area (Å²) < 4.78 is 0. The highest BCUT2D eigenvalue weighted by Crippen LogP contribution is 2.56. The van der Waals surface area contributed by atoms with Gasteiger partial charge in [0.1, 0.15) is 0 Å². The molecular weight excluding hydrogens is 542 g/mol. The van der Waals surface area contributed by atoms with E-state index < -0.39 is 5.41 Å². The lowest BCUT2D eigenvalue weighted by Gasteiger charge is -2.34. The lowest BCUT2D eigenvalue weighted by molar-refractivity contribution is 0.768. The van der Waals surface area contributed by atoms with Crippen LogP contribution in [0.5, 0.6) is 0 Å². The second-order valence-corrected chi connectivity index (χ2v) is 11.3. The van der Waals surface area contributed by atoms with Gasteiger partial charge in [-0.25, -0.2) is 0 Å². The molecule has 0 aromatic heterocycles. The molecule has 0 heterocycles. The zero-order chi connectivity index (χ0) is 30.6. The largest absolute Gasteiger partial charge is 0.315 e. The Morgan fingerprint density at radius 2 is 1.00 bits per heavy atom. The van der Waals surface area contributed by atoms with Gasteiger partial charge in [-0.3, -0.25) is 0 Å². The van der Waals surface area contributed by atoms with E-state index in [1.807, 2.05) is 42.5 Å². The average molecular weight is 576 g/mol. The van der Waals surface area contributed by atoms with Crippen LogP contribution in [-0.4, -0.2) is 0 Å². The molecule has 0 bridgehead atoms. The van der Waals surface area contributed by atoms with E-state index in [2.05, 4.69) is 151 Å². The Hall–Kier alpha value is -5.84. The van der Waals surface area contributed by atoms with Gasteiger partial charge < -0.3 is 4.90 Å². The number of benzene rings is 6. The van der Waals surface area contributed by atoms with Gasteiger partial charge in [-0.05, 0) is 82.3 Å². The molecule has 0 amide bonds. The van der Waals surface area contributed by atoms with E-state index >= 15 is 0 Å². The first-order chi connectivity index (χ1) is 22.2. The average Bonchev–Trinajstić information content (AvgIpc) is 3.41. The minimum atomic E-state index is -0.421. The van der Waals surface area contributed by atoms with Crippen molar-refractivity contribution in [3.05, 3.63) is 209 Å². The minimum absolute atomic E-state index is 0.421. The maximum Gasteiger partial charge on any atom is 0.0713 e. The van der Waals surface area contributed by atoms with Crippen LogP contribution in [0.25, 0.3) is 16.7 Å². The molecule has 0 fully saturated rings. The fourth-order valence-corrected chi connectivity index (χ4v) is 6.83. The van der Waals surface area contributed by atoms with Gasteiger partial charge in [0.05, 0.1) is 5.41 Å². The Labute approximate surface area is 266 Å². The van der Waals surface area contributed by atoms with Gasteiger partial charge >= 0.3 is 0 Å². The molecule has 0 atom stereocenters. The number of para-hydroxylation sites is 1. The number of fused-ring (bicyclic) bond motifs is 3. The lowest BCUT2D eigenvalue weighted by atomic mass is 9.68. The zero-order valence-corrected chi connectivity index (χ0v) is 25.3. The van der Waals surface area contributed by atoms with Gasteiger partial charge in [0.2, 0.25) is 0 Å². The molecule has 6 aromatic carbocycles. The molecule has 0 spiro atoms. The van der Waals surface area contributed by atoms with Crippen molar-refractivity contribution in [2.45, 2.75) is 12.3 Å². The van der Waals surface area contributed by atoms with E-state index in [-0.39, 0.29) is 0 Å². The standard InChI is InChI=1S/C44H33N/c1-3-34(35-17-7-4-8-18-35)28-27-33(2)45(38-21-11-6-12-22-38)39-31-29-37(30-32-39)44(36-19-9-5-10-20-36)42-25-15-13-23-40(42)41-24-14-16-26-43(41)44/h1,4-32H,2H3. The lowest BCUT2D eigenvalue weighted by Crippen LogP contribution is -2.28. The first-order valence-corrected chi connectivity index (χ1v) is 15.3. The molecule has 0 radical (unpaired) electrons. The number of allylic oxidation sites excluding steroid dienone is 4. The zero-order valence-electron chi connectivity index (χ0n) is 25.3. The van der Waals surface area contributed by atoms with Crippen molar-refractivity contribution < 1.29 is 0 Å². The van der Waals surface area contributed by atoms with E-state index in [1.54, 1.807) is 0 Å². The van der Waals surface area contributed by atoms with E-state index in [4.69, 9.17) is 6.42 Å². The Morgan fingerprint density at radius 3 is 1.58 bits per heavy atom. The first kappa shape index (κ1) is 28.0. The van der Waals surface area contributed by atoms with Gasteiger partial charge in [0.25, 0.3) is 0 Å². The molecule has 0 unspecified atom stereocenters. The highest BCUT2D eigenvalue weighted by molar-refractivity contribution is 5.86. The summed E-state index contributed by atoms with van der Waals surface area (Å²) in [5.74, 6) is 2.86. The van der Waals surface area contributed by atoms with Crippen molar-refractivity contribution in [1.82, 2.24) is 0 Å². The Bertz CT molecular complexity index is 2000. The summed E-state index contributed by atoms with van der Waals surface area (Å²) in [5, 5.41) is 0. The van der Waals surface area contributed by atoms with E-state index in [0.717, 1.165) is 28.2 Å². The van der Waals surface area contributed by atoms with Crippen molar-refractivity contribution in [3.8, 4) is 23.5 Å². The van der Waals surface area contributed by atoms with Crippen LogP contribution >= 0.6 is 0 Å². The van der Waals surface area contributed by atoms with Crippen molar-refractivity contribution in [2.75, 3.05) is 4.90 Å². The molecule has 0 saturated carbocycles. The molecular formula is C44H33N. The molecule has 45 heavy (non-hydrogen) atoms. The minimum Gasteiger partial charge on any atom is -0.315 e. The maximum absolute atomic E-state index is 5.93. The number of anilines is 2. The van der Waals surface area contributed by atoms with Gasteiger partial charge in [0.15, 0.2) is 0 Å². The molecule has 6 aromatic rings. The molecule has 1 nitrogen and oxygen atoms in total. The monoisotopic (exact) mass is 575 g/mol. The molecule has 7 rings (SSSR count). The van der Waals surface area contributed by atoms with Gasteiger partial charge in [-0.2, -0.15) is 0 Å². The fourth-order valence-electron chi connectivity index (χ4n) is 6.83. The summed E-state index contributed by atoms with van der Waals surface area (Å²) in [5.41, 5.74) is 12.4. The summed E-state index contributed by atoms with van der Waals surface area (Å²) in [6, 6.07) is 58.3. The smallest absolute Gasteiger partial charge is 0.0713 e. The number of terminal acetylenes is 1. The number of hydrogen-bond acceptors (Lipinski definition) is 1. The predicted octanol–water partition coefficient (Wildman–Crippen LogP) is 10.8. The third kappa shape index (κ3) is 4.88. The molecule has 214 valence electrons. The van der Waals surface area contributed by atoms with E-state index in [0.29, 0.717) is 0 Å². The number of nitrogens with zero attached hydrogens (tertiary/aromatic N) is 1. The van der Waals surface area contributed by atoms with Crippen LogP contribution in [0.4, 0.5) is 11.4 Å². The van der Waals surface area contributed by atoms with E-state index in [9.17, 15) is 0 Å². The highest BCUT2D eigenvalue weighted by atomic mass is 15.1. The van der Waals surface area contributed by atoms with Gasteiger partial charge in [-0.1, -0.05) is 145 Å². The normalized spacial score (nSPS) is 13.4. The summed E-state index contributed by atoms with van der Waals surface area (Å²) in [6.45, 7) is 2.13. The summed E-state index contributed by atoms with van der Waals surface area (Å²) in [6.07, 6.45) is 10.1. The summed E-state index contributed by atoms with van der Waals surface area (Å²) in [4.78, 5) is 2.28. The second kappa shape index (κ2) is 12.0. The van der Waals surface area contributed by atoms with Crippen molar-refractivity contribution in [3.63, 3.8) is 0 Å². The summed E-state index contributed by atoms with van der Waals surface area (Å²) in [7, 11) is 0. The molecule has 0 saturated heterocycles. The fraction of sp³-hybridized carbons (Fsp3) is 0.0455. The first-order valence-electron chi connectivity index (χ1n) is 15.3. The quantitative estimate of drug-likeness (QED) is 0.135. The van der Waals surface area contributed by atoms with Crippen LogP contribution in [0, 0.1) is 12.3 Å². The van der Waals surface area contributed by atoms with E-state index in [1.165, 1.54) is 33.4 Å². The Kier molecular flexibility index (Phi) is 7.48. The maximum atomic E-state index is 5.93. The number of hydrogen-bond donors (Lipinski definition) is 0. The molecule has 0 aliphatic heterocycles. The SMILES string of the molecule is C#CC(=CC=C(C)N(c1ccccc1)c1ccc(C2(c3ccccc3)c3ccccc3-c3ccccc32)cc1)c1ccccc1. The van der Waals surface area contributed by atoms with Crippen LogP contribution < -0.4 is 4.90 Å². The molecule has 0 N–H and O–H groups in total. The van der Waals surface area contributed by atoms with Crippen LogP contribution in [0.1, 0.15) is 34.7 Å². The van der Waals surface area contributed by atoms with Crippen molar-refractivity contribution in [1.29, 1.82) is 0 Å². The Morgan fingerprint density at radius 1 is 0.533 bits per heavy atom. The summed E-state index contributed by atoms with van der Waals surface area (Å²) >= 11 is 0. The van der Waals surface area contributed by atoms with Gasteiger partial charge in [-0.15, -0.1) is 6.42 Å². The van der Waals surface area contributed by atoms with Crippen LogP contribution in [0.15, 0.2) is 182 Å². The number of rotatable bonds is 7. The molecule has 1 aliphatic rings. The van der Waals surface area contributed by atoms with Crippen LogP contribution in [-0.2, 0) is 5.41 Å². The second-order valence-electron chi connectivity index (χ2n) is 11.3. The Balaban J connectivity index is 1.37. The van der Waals surface area contributed by atoms with Crippen molar-refractivity contribution in [2.24, 2.45) is 0 Å². The van der Waals surface area contributed by atoms with Crippen molar-refractivity contribution >= 4 is 16.9 Å². The van der Waals surface area contributed by atoms with Crippen LogP contribution in [0.2, 0.25) is 0 Å². The molecule has 1 heteroatoms. The van der Waals surface area contributed by atoms with Gasteiger partial charge in [0, 0.05) is 22.6 Å². The topological polar surface area (TPSA) is 3.24 Å². The van der Waals surface area contributed by atoms with Crippen LogP contribution in [0.3, 0.4) is 0 Å². The third-order valence-electron chi connectivity index (χ3n) is 8.82. The highest BCUT2D eigenvalue weighted by Gasteiger charge is 2.45. The molecule has 1 aliphatic carbocycles. The third-order valence-corrected chi connectivity index (χ3v) is 8.82.